The van der Waals surface area contributed by atoms with Crippen LogP contribution in [0.15, 0.2) is 29.3 Å². The van der Waals surface area contributed by atoms with E-state index in [1.165, 1.54) is 12.1 Å². The van der Waals surface area contributed by atoms with Crippen LogP contribution < -0.4 is 10.9 Å². The molecule has 20 heavy (non-hydrogen) atoms. The fourth-order valence-corrected chi connectivity index (χ4v) is 1.73. The number of hydrogen-bond donors (Lipinski definition) is 2. The molecule has 0 saturated heterocycles. The molecule has 0 radical (unpaired) electrons. The molecule has 2 rings (SSSR count). The number of aromatic amines is 1. The second-order valence-corrected chi connectivity index (χ2v) is 4.34. The summed E-state index contributed by atoms with van der Waals surface area (Å²) in [4.78, 5) is 11.9. The molecule has 0 aromatic carbocycles. The average molecular weight is 286 g/mol. The van der Waals surface area contributed by atoms with Crippen molar-refractivity contribution in [3.05, 3.63) is 46.1 Å². The lowest BCUT2D eigenvalue weighted by Crippen LogP contribution is -2.29. The number of anilines is 1. The first-order valence-electron chi connectivity index (χ1n) is 5.86. The lowest BCUT2D eigenvalue weighted by Gasteiger charge is -2.11. The Labute approximate surface area is 112 Å². The summed E-state index contributed by atoms with van der Waals surface area (Å²) in [6.07, 6.45) is -1.72. The van der Waals surface area contributed by atoms with Gasteiger partial charge in [0.2, 0.25) is 0 Å². The van der Waals surface area contributed by atoms with Gasteiger partial charge in [-0.3, -0.25) is 9.89 Å². The van der Waals surface area contributed by atoms with E-state index in [1.54, 1.807) is 6.20 Å². The van der Waals surface area contributed by atoms with Gasteiger partial charge in [0.1, 0.15) is 12.2 Å². The number of aromatic nitrogens is 3. The highest BCUT2D eigenvalue weighted by molar-refractivity contribution is 5.41. The molecular weight excluding hydrogens is 273 g/mol. The molecule has 0 aliphatic heterocycles. The van der Waals surface area contributed by atoms with Crippen molar-refractivity contribution in [3.8, 4) is 0 Å². The van der Waals surface area contributed by atoms with Crippen LogP contribution in [0.3, 0.4) is 0 Å². The van der Waals surface area contributed by atoms with Crippen LogP contribution in [0.1, 0.15) is 11.3 Å². The van der Waals surface area contributed by atoms with Crippen LogP contribution in [0.5, 0.6) is 0 Å². The first kappa shape index (κ1) is 14.2. The van der Waals surface area contributed by atoms with Crippen molar-refractivity contribution < 1.29 is 13.2 Å². The standard InChI is InChI=1S/C12H13F3N4O/c1-8-9(6-17-18-8)5-16-10-3-2-4-19(11(10)20)7-12(13,14)15/h2-4,6,16H,5,7H2,1H3,(H,17,18). The second kappa shape index (κ2) is 5.40. The summed E-state index contributed by atoms with van der Waals surface area (Å²) in [6, 6.07) is 2.85. The maximum Gasteiger partial charge on any atom is 0.406 e. The smallest absolute Gasteiger partial charge is 0.376 e. The topological polar surface area (TPSA) is 62.7 Å². The SMILES string of the molecule is Cc1[nH]ncc1CNc1cccn(CC(F)(F)F)c1=O. The van der Waals surface area contributed by atoms with E-state index in [9.17, 15) is 18.0 Å². The van der Waals surface area contributed by atoms with E-state index in [4.69, 9.17) is 0 Å². The Bertz CT molecular complexity index is 645. The maximum absolute atomic E-state index is 12.3. The first-order chi connectivity index (χ1) is 9.37. The molecule has 0 saturated carbocycles. The molecule has 2 heterocycles. The van der Waals surface area contributed by atoms with Gasteiger partial charge in [0.25, 0.3) is 5.56 Å². The lowest BCUT2D eigenvalue weighted by molar-refractivity contribution is -0.141. The molecule has 2 aromatic heterocycles. The number of H-pyrrole nitrogens is 1. The predicted octanol–water partition coefficient (Wildman–Crippen LogP) is 2.05. The first-order valence-corrected chi connectivity index (χ1v) is 5.86. The average Bonchev–Trinajstić information content (AvgIpc) is 2.74. The fraction of sp³-hybridized carbons (Fsp3) is 0.333. The highest BCUT2D eigenvalue weighted by atomic mass is 19.4. The minimum atomic E-state index is -4.43. The van der Waals surface area contributed by atoms with E-state index < -0.39 is 18.3 Å². The van der Waals surface area contributed by atoms with Crippen molar-refractivity contribution in [1.29, 1.82) is 0 Å². The van der Waals surface area contributed by atoms with Gasteiger partial charge in [-0.15, -0.1) is 0 Å². The maximum atomic E-state index is 12.3. The molecule has 0 spiro atoms. The van der Waals surface area contributed by atoms with Crippen LogP contribution in [0, 0.1) is 6.92 Å². The van der Waals surface area contributed by atoms with E-state index in [1.807, 2.05) is 6.92 Å². The van der Waals surface area contributed by atoms with Crippen molar-refractivity contribution in [2.45, 2.75) is 26.2 Å². The van der Waals surface area contributed by atoms with Crippen LogP contribution in [0.25, 0.3) is 0 Å². The molecule has 5 nitrogen and oxygen atoms in total. The molecule has 0 unspecified atom stereocenters. The highest BCUT2D eigenvalue weighted by Gasteiger charge is 2.28. The number of aryl methyl sites for hydroxylation is 1. The van der Waals surface area contributed by atoms with E-state index in [2.05, 4.69) is 15.5 Å². The Morgan fingerprint density at radius 1 is 1.45 bits per heavy atom. The molecule has 0 amide bonds. The van der Waals surface area contributed by atoms with Crippen molar-refractivity contribution in [3.63, 3.8) is 0 Å². The van der Waals surface area contributed by atoms with Crippen LogP contribution >= 0.6 is 0 Å². The summed E-state index contributed by atoms with van der Waals surface area (Å²) in [6.45, 7) is 0.830. The predicted molar refractivity (Wildman–Crippen MR) is 67.4 cm³/mol. The number of halogens is 3. The Morgan fingerprint density at radius 3 is 2.80 bits per heavy atom. The van der Waals surface area contributed by atoms with Gasteiger partial charge in [0.05, 0.1) is 6.20 Å². The zero-order valence-corrected chi connectivity index (χ0v) is 10.7. The number of rotatable bonds is 4. The van der Waals surface area contributed by atoms with E-state index in [-0.39, 0.29) is 5.69 Å². The van der Waals surface area contributed by atoms with Crippen molar-refractivity contribution in [2.24, 2.45) is 0 Å². The van der Waals surface area contributed by atoms with Gasteiger partial charge in [-0.25, -0.2) is 0 Å². The molecule has 0 atom stereocenters. The summed E-state index contributed by atoms with van der Waals surface area (Å²) in [5.41, 5.74) is 1.10. The Morgan fingerprint density at radius 2 is 2.20 bits per heavy atom. The molecule has 0 fully saturated rings. The number of alkyl halides is 3. The molecule has 8 heteroatoms. The molecule has 2 aromatic rings. The van der Waals surface area contributed by atoms with Gasteiger partial charge < -0.3 is 9.88 Å². The van der Waals surface area contributed by atoms with Gasteiger partial charge in [-0.2, -0.15) is 18.3 Å². The van der Waals surface area contributed by atoms with Gasteiger partial charge in [-0.05, 0) is 19.1 Å². The summed E-state index contributed by atoms with van der Waals surface area (Å²) >= 11 is 0. The van der Waals surface area contributed by atoms with Crippen molar-refractivity contribution in [1.82, 2.24) is 14.8 Å². The van der Waals surface area contributed by atoms with Crippen LogP contribution in [0.2, 0.25) is 0 Å². The van der Waals surface area contributed by atoms with Gasteiger partial charge in [0, 0.05) is 24.0 Å². The Balaban J connectivity index is 2.15. The number of nitrogens with zero attached hydrogens (tertiary/aromatic N) is 2. The Kier molecular flexibility index (Phi) is 3.82. The highest BCUT2D eigenvalue weighted by Crippen LogP contribution is 2.16. The van der Waals surface area contributed by atoms with Crippen molar-refractivity contribution in [2.75, 3.05) is 5.32 Å². The molecule has 2 N–H and O–H groups in total. The molecule has 0 aliphatic carbocycles. The molecular formula is C12H13F3N4O. The number of nitrogens with one attached hydrogen (secondary N) is 2. The zero-order chi connectivity index (χ0) is 14.8. The zero-order valence-electron chi connectivity index (χ0n) is 10.7. The lowest BCUT2D eigenvalue weighted by atomic mass is 10.2. The van der Waals surface area contributed by atoms with Crippen LogP contribution in [-0.2, 0) is 13.1 Å². The van der Waals surface area contributed by atoms with Gasteiger partial charge >= 0.3 is 6.18 Å². The molecule has 0 bridgehead atoms. The minimum Gasteiger partial charge on any atom is -0.376 e. The van der Waals surface area contributed by atoms with Gasteiger partial charge in [-0.1, -0.05) is 0 Å². The second-order valence-electron chi connectivity index (χ2n) is 4.34. The number of hydrogen-bond acceptors (Lipinski definition) is 3. The minimum absolute atomic E-state index is 0.123. The summed E-state index contributed by atoms with van der Waals surface area (Å²) in [5.74, 6) is 0. The third-order valence-electron chi connectivity index (χ3n) is 2.77. The third kappa shape index (κ3) is 3.40. The largest absolute Gasteiger partial charge is 0.406 e. The summed E-state index contributed by atoms with van der Waals surface area (Å²) in [7, 11) is 0. The van der Waals surface area contributed by atoms with E-state index >= 15 is 0 Å². The van der Waals surface area contributed by atoms with E-state index in [0.717, 1.165) is 17.5 Å². The summed E-state index contributed by atoms with van der Waals surface area (Å²) in [5, 5.41) is 9.39. The Hall–Kier alpha value is -2.25. The molecule has 108 valence electrons. The fourth-order valence-electron chi connectivity index (χ4n) is 1.73. The van der Waals surface area contributed by atoms with Crippen LogP contribution in [0.4, 0.5) is 18.9 Å². The van der Waals surface area contributed by atoms with Crippen molar-refractivity contribution >= 4 is 5.69 Å². The number of pyridine rings is 1. The summed E-state index contributed by atoms with van der Waals surface area (Å²) < 4.78 is 37.6. The monoisotopic (exact) mass is 286 g/mol. The normalized spacial score (nSPS) is 11.6. The molecule has 0 aliphatic rings. The quantitative estimate of drug-likeness (QED) is 0.904. The van der Waals surface area contributed by atoms with Crippen LogP contribution in [-0.4, -0.2) is 20.9 Å². The third-order valence-corrected chi connectivity index (χ3v) is 2.77. The van der Waals surface area contributed by atoms with E-state index in [0.29, 0.717) is 11.1 Å². The van der Waals surface area contributed by atoms with Gasteiger partial charge in [0.15, 0.2) is 0 Å².